The maximum atomic E-state index is 5.38. The zero-order chi connectivity index (χ0) is 9.23. The van der Waals surface area contributed by atoms with Gasteiger partial charge in [-0.1, -0.05) is 19.8 Å². The third-order valence-electron chi connectivity index (χ3n) is 1.32. The highest BCUT2D eigenvalue weighted by Gasteiger charge is 1.92. The van der Waals surface area contributed by atoms with Crippen molar-refractivity contribution in [3.8, 4) is 12.3 Å². The third kappa shape index (κ3) is 9.48. The number of terminal acetylenes is 1. The largest absolute Gasteiger partial charge is 0.381 e. The molecule has 0 rings (SSSR count). The second-order valence-electron chi connectivity index (χ2n) is 3.20. The zero-order valence-electron chi connectivity index (χ0n) is 8.10. The molecular weight excluding hydrogens is 150 g/mol. The normalized spacial score (nSPS) is 10.2. The van der Waals surface area contributed by atoms with Crippen molar-refractivity contribution < 1.29 is 4.74 Å². The number of nitrogens with one attached hydrogen (secondary N) is 1. The Kier molecular flexibility index (Phi) is 8.20. The Balaban J connectivity index is 2.87. The molecule has 0 radical (unpaired) electrons. The molecule has 0 aliphatic rings. The number of hydrogen-bond donors (Lipinski definition) is 1. The fourth-order valence-corrected chi connectivity index (χ4v) is 0.779. The van der Waals surface area contributed by atoms with Gasteiger partial charge in [-0.2, -0.15) is 0 Å². The number of ether oxygens (including phenoxy) is 1. The average Bonchev–Trinajstić information content (AvgIpc) is 2.02. The first-order valence-corrected chi connectivity index (χ1v) is 4.49. The zero-order valence-corrected chi connectivity index (χ0v) is 8.10. The first kappa shape index (κ1) is 11.5. The Morgan fingerprint density at radius 3 is 2.83 bits per heavy atom. The van der Waals surface area contributed by atoms with Crippen LogP contribution in [0.5, 0.6) is 0 Å². The molecule has 12 heavy (non-hydrogen) atoms. The molecule has 0 spiro atoms. The van der Waals surface area contributed by atoms with E-state index in [1.54, 1.807) is 0 Å². The molecule has 2 heteroatoms. The van der Waals surface area contributed by atoms with E-state index in [0.717, 1.165) is 26.2 Å². The number of hydrogen-bond acceptors (Lipinski definition) is 2. The van der Waals surface area contributed by atoms with Gasteiger partial charge in [0, 0.05) is 13.2 Å². The first-order chi connectivity index (χ1) is 5.77. The molecule has 0 heterocycles. The Morgan fingerprint density at radius 1 is 1.50 bits per heavy atom. The van der Waals surface area contributed by atoms with Crippen molar-refractivity contribution in [3.05, 3.63) is 0 Å². The van der Waals surface area contributed by atoms with Gasteiger partial charge in [-0.05, 0) is 18.9 Å². The molecule has 0 amide bonds. The molecule has 0 aliphatic carbocycles. The summed E-state index contributed by atoms with van der Waals surface area (Å²) < 4.78 is 5.38. The maximum absolute atomic E-state index is 5.38. The predicted molar refractivity (Wildman–Crippen MR) is 52.0 cm³/mol. The van der Waals surface area contributed by atoms with Gasteiger partial charge in [0.1, 0.15) is 0 Å². The lowest BCUT2D eigenvalue weighted by Crippen LogP contribution is -2.17. The van der Waals surface area contributed by atoms with Crippen molar-refractivity contribution in [3.63, 3.8) is 0 Å². The summed E-state index contributed by atoms with van der Waals surface area (Å²) in [4.78, 5) is 0. The molecule has 70 valence electrons. The summed E-state index contributed by atoms with van der Waals surface area (Å²) in [7, 11) is 0. The molecule has 0 bridgehead atoms. The van der Waals surface area contributed by atoms with Gasteiger partial charge in [-0.25, -0.2) is 0 Å². The Hall–Kier alpha value is -0.520. The summed E-state index contributed by atoms with van der Waals surface area (Å²) in [6.45, 7) is 7.59. The van der Waals surface area contributed by atoms with Crippen LogP contribution in [0.1, 0.15) is 20.3 Å². The van der Waals surface area contributed by atoms with E-state index in [1.807, 2.05) is 0 Å². The first-order valence-electron chi connectivity index (χ1n) is 4.49. The second kappa shape index (κ2) is 8.58. The van der Waals surface area contributed by atoms with Gasteiger partial charge >= 0.3 is 0 Å². The smallest absolute Gasteiger partial charge is 0.0573 e. The molecule has 0 fully saturated rings. The molecule has 0 aromatic carbocycles. The van der Waals surface area contributed by atoms with Crippen molar-refractivity contribution in [2.75, 3.05) is 26.3 Å². The molecule has 0 atom stereocenters. The quantitative estimate of drug-likeness (QED) is 0.458. The molecule has 0 aromatic rings. The summed E-state index contributed by atoms with van der Waals surface area (Å²) in [6, 6.07) is 0. The van der Waals surface area contributed by atoms with Crippen LogP contribution in [0.2, 0.25) is 0 Å². The fraction of sp³-hybridized carbons (Fsp3) is 0.800. The average molecular weight is 169 g/mol. The number of rotatable bonds is 7. The van der Waals surface area contributed by atoms with Gasteiger partial charge in [-0.3, -0.25) is 0 Å². The van der Waals surface area contributed by atoms with Crippen molar-refractivity contribution in [2.24, 2.45) is 5.92 Å². The van der Waals surface area contributed by atoms with Crippen LogP contribution in [0.15, 0.2) is 0 Å². The predicted octanol–water partition coefficient (Wildman–Crippen LogP) is 1.27. The van der Waals surface area contributed by atoms with Crippen LogP contribution in [-0.2, 0) is 4.74 Å². The minimum atomic E-state index is 0.628. The summed E-state index contributed by atoms with van der Waals surface area (Å²) in [6.07, 6.45) is 6.10. The molecule has 0 unspecified atom stereocenters. The highest BCUT2D eigenvalue weighted by atomic mass is 16.5. The molecular formula is C10H19NO. The third-order valence-corrected chi connectivity index (χ3v) is 1.32. The van der Waals surface area contributed by atoms with E-state index < -0.39 is 0 Å². The van der Waals surface area contributed by atoms with Crippen LogP contribution >= 0.6 is 0 Å². The van der Waals surface area contributed by atoms with Crippen LogP contribution in [-0.4, -0.2) is 26.3 Å². The highest BCUT2D eigenvalue weighted by Crippen LogP contribution is 1.92. The van der Waals surface area contributed by atoms with Crippen molar-refractivity contribution in [1.82, 2.24) is 5.32 Å². The van der Waals surface area contributed by atoms with Crippen LogP contribution in [0.4, 0.5) is 0 Å². The van der Waals surface area contributed by atoms with E-state index >= 15 is 0 Å². The topological polar surface area (TPSA) is 21.3 Å². The van der Waals surface area contributed by atoms with Gasteiger partial charge in [0.15, 0.2) is 0 Å². The summed E-state index contributed by atoms with van der Waals surface area (Å²) in [5, 5.41) is 3.11. The SMILES string of the molecule is C#CCNCCCOCC(C)C. The van der Waals surface area contributed by atoms with E-state index in [-0.39, 0.29) is 0 Å². The molecule has 0 saturated heterocycles. The van der Waals surface area contributed by atoms with Crippen molar-refractivity contribution in [1.29, 1.82) is 0 Å². The lowest BCUT2D eigenvalue weighted by atomic mass is 10.2. The molecule has 0 aromatic heterocycles. The standard InChI is InChI=1S/C10H19NO/c1-4-6-11-7-5-8-12-9-10(2)3/h1,10-11H,5-9H2,2-3H3. The van der Waals surface area contributed by atoms with Gasteiger partial charge < -0.3 is 10.1 Å². The summed E-state index contributed by atoms with van der Waals surface area (Å²) in [5.41, 5.74) is 0. The Bertz CT molecular complexity index is 126. The molecule has 0 saturated carbocycles. The molecule has 2 nitrogen and oxygen atoms in total. The van der Waals surface area contributed by atoms with Crippen molar-refractivity contribution >= 4 is 0 Å². The highest BCUT2D eigenvalue weighted by molar-refractivity contribution is 4.86. The minimum absolute atomic E-state index is 0.628. The van der Waals surface area contributed by atoms with Crippen LogP contribution in [0.25, 0.3) is 0 Å². The van der Waals surface area contributed by atoms with Crippen LogP contribution in [0.3, 0.4) is 0 Å². The molecule has 1 N–H and O–H groups in total. The van der Waals surface area contributed by atoms with Crippen molar-refractivity contribution in [2.45, 2.75) is 20.3 Å². The Morgan fingerprint density at radius 2 is 2.25 bits per heavy atom. The Labute approximate surface area is 75.7 Å². The molecule has 0 aliphatic heterocycles. The van der Waals surface area contributed by atoms with E-state index in [9.17, 15) is 0 Å². The van der Waals surface area contributed by atoms with E-state index in [0.29, 0.717) is 12.5 Å². The van der Waals surface area contributed by atoms with E-state index in [1.165, 1.54) is 0 Å². The van der Waals surface area contributed by atoms with E-state index in [2.05, 4.69) is 25.1 Å². The maximum Gasteiger partial charge on any atom is 0.0573 e. The van der Waals surface area contributed by atoms with E-state index in [4.69, 9.17) is 11.2 Å². The summed E-state index contributed by atoms with van der Waals surface area (Å²) >= 11 is 0. The fourth-order valence-electron chi connectivity index (χ4n) is 0.779. The van der Waals surface area contributed by atoms with Gasteiger partial charge in [0.2, 0.25) is 0 Å². The van der Waals surface area contributed by atoms with Gasteiger partial charge in [-0.15, -0.1) is 6.42 Å². The van der Waals surface area contributed by atoms with Gasteiger partial charge in [0.25, 0.3) is 0 Å². The van der Waals surface area contributed by atoms with Crippen LogP contribution in [0, 0.1) is 18.3 Å². The summed E-state index contributed by atoms with van der Waals surface area (Å²) in [5.74, 6) is 3.15. The second-order valence-corrected chi connectivity index (χ2v) is 3.20. The minimum Gasteiger partial charge on any atom is -0.381 e. The van der Waals surface area contributed by atoms with Crippen LogP contribution < -0.4 is 5.32 Å². The lowest BCUT2D eigenvalue weighted by molar-refractivity contribution is 0.108. The lowest BCUT2D eigenvalue weighted by Gasteiger charge is -2.06. The van der Waals surface area contributed by atoms with Gasteiger partial charge in [0.05, 0.1) is 6.54 Å². The monoisotopic (exact) mass is 169 g/mol.